The fraction of sp³-hybridized carbons (Fsp3) is 0.625. The van der Waals surface area contributed by atoms with Crippen LogP contribution in [-0.2, 0) is 4.74 Å². The highest BCUT2D eigenvalue weighted by Gasteiger charge is 2.28. The molecule has 0 unspecified atom stereocenters. The molecule has 2 aromatic rings. The van der Waals surface area contributed by atoms with Crippen molar-refractivity contribution >= 4 is 11.7 Å². The van der Waals surface area contributed by atoms with Crippen molar-refractivity contribution in [1.29, 1.82) is 0 Å². The van der Waals surface area contributed by atoms with Crippen LogP contribution in [0.3, 0.4) is 0 Å². The van der Waals surface area contributed by atoms with Crippen molar-refractivity contribution in [2.24, 2.45) is 0 Å². The van der Waals surface area contributed by atoms with Crippen molar-refractivity contribution in [3.05, 3.63) is 24.3 Å². The van der Waals surface area contributed by atoms with Gasteiger partial charge in [0.2, 0.25) is 5.82 Å². The van der Waals surface area contributed by atoms with Crippen LogP contribution in [0.15, 0.2) is 18.5 Å². The van der Waals surface area contributed by atoms with Crippen molar-refractivity contribution in [2.45, 2.75) is 25.4 Å². The maximum Gasteiger partial charge on any atom is 0.293 e. The van der Waals surface area contributed by atoms with Crippen LogP contribution >= 0.6 is 0 Å². The molecule has 1 amide bonds. The van der Waals surface area contributed by atoms with E-state index in [-0.39, 0.29) is 17.8 Å². The Kier molecular flexibility index (Phi) is 4.40. The summed E-state index contributed by atoms with van der Waals surface area (Å²) in [6.45, 7) is 5.13. The summed E-state index contributed by atoms with van der Waals surface area (Å²) in [5, 5.41) is 4.25. The summed E-state index contributed by atoms with van der Waals surface area (Å²) in [5.74, 6) is 0.508. The third-order valence-electron chi connectivity index (χ3n) is 4.61. The number of nitrogens with zero attached hydrogens (tertiary/aromatic N) is 6. The van der Waals surface area contributed by atoms with Gasteiger partial charge in [-0.3, -0.25) is 4.79 Å². The maximum atomic E-state index is 12.8. The number of hydrogen-bond acceptors (Lipinski definition) is 6. The van der Waals surface area contributed by atoms with Gasteiger partial charge >= 0.3 is 0 Å². The molecule has 1 atom stereocenters. The van der Waals surface area contributed by atoms with Gasteiger partial charge < -0.3 is 14.5 Å². The standard InChI is InChI=1S/C16H22N6O2/c23-15(14-18-16-17-5-3-9-22(16)19-14)21-8-4-10-24-13(12-21)11-20-6-1-2-7-20/h3,5,9,13H,1-2,4,6-8,10-12H2/t13-/m0/s1. The quantitative estimate of drug-likeness (QED) is 0.813. The number of carbonyl (C=O) groups is 1. The molecule has 2 saturated heterocycles. The Labute approximate surface area is 140 Å². The minimum absolute atomic E-state index is 0.0599. The van der Waals surface area contributed by atoms with Gasteiger partial charge in [0, 0.05) is 38.6 Å². The van der Waals surface area contributed by atoms with Gasteiger partial charge in [-0.25, -0.2) is 9.50 Å². The Balaban J connectivity index is 1.47. The largest absolute Gasteiger partial charge is 0.375 e. The second-order valence-electron chi connectivity index (χ2n) is 6.40. The second kappa shape index (κ2) is 6.82. The van der Waals surface area contributed by atoms with Gasteiger partial charge in [-0.05, 0) is 38.4 Å². The predicted octanol–water partition coefficient (Wildman–Crippen LogP) is 0.451. The van der Waals surface area contributed by atoms with Crippen molar-refractivity contribution < 1.29 is 9.53 Å². The van der Waals surface area contributed by atoms with Crippen LogP contribution in [0.2, 0.25) is 0 Å². The van der Waals surface area contributed by atoms with E-state index in [4.69, 9.17) is 4.74 Å². The highest BCUT2D eigenvalue weighted by atomic mass is 16.5. The lowest BCUT2D eigenvalue weighted by Gasteiger charge is -2.26. The third kappa shape index (κ3) is 3.25. The first-order chi connectivity index (χ1) is 11.8. The van der Waals surface area contributed by atoms with Crippen LogP contribution in [-0.4, -0.2) is 80.7 Å². The molecule has 0 bridgehead atoms. The lowest BCUT2D eigenvalue weighted by atomic mass is 10.3. The highest BCUT2D eigenvalue weighted by molar-refractivity contribution is 5.90. The first-order valence-corrected chi connectivity index (χ1v) is 8.60. The van der Waals surface area contributed by atoms with E-state index < -0.39 is 0 Å². The van der Waals surface area contributed by atoms with Crippen LogP contribution in [0.1, 0.15) is 29.9 Å². The highest BCUT2D eigenvalue weighted by Crippen LogP contribution is 2.14. The molecule has 2 aliphatic heterocycles. The molecule has 0 spiro atoms. The molecule has 0 aliphatic carbocycles. The lowest BCUT2D eigenvalue weighted by molar-refractivity contribution is 0.0295. The van der Waals surface area contributed by atoms with E-state index in [1.165, 1.54) is 17.4 Å². The van der Waals surface area contributed by atoms with Crippen LogP contribution < -0.4 is 0 Å². The molecule has 4 heterocycles. The molecule has 0 radical (unpaired) electrons. The van der Waals surface area contributed by atoms with Gasteiger partial charge in [0.05, 0.1) is 6.10 Å². The van der Waals surface area contributed by atoms with Gasteiger partial charge in [-0.15, -0.1) is 5.10 Å². The van der Waals surface area contributed by atoms with Crippen LogP contribution in [0.25, 0.3) is 5.78 Å². The average molecular weight is 330 g/mol. The molecule has 128 valence electrons. The molecule has 8 nitrogen and oxygen atoms in total. The number of likely N-dealkylation sites (tertiary alicyclic amines) is 1. The Morgan fingerprint density at radius 3 is 2.96 bits per heavy atom. The monoisotopic (exact) mass is 330 g/mol. The Hall–Kier alpha value is -2.06. The molecule has 2 aliphatic rings. The van der Waals surface area contributed by atoms with E-state index in [1.807, 2.05) is 4.90 Å². The SMILES string of the molecule is O=C(c1nc2ncccn2n1)N1CCCO[C@@H](CN2CCCC2)C1. The van der Waals surface area contributed by atoms with E-state index >= 15 is 0 Å². The summed E-state index contributed by atoms with van der Waals surface area (Å²) in [7, 11) is 0. The van der Waals surface area contributed by atoms with Gasteiger partial charge in [0.25, 0.3) is 11.7 Å². The van der Waals surface area contributed by atoms with Crippen molar-refractivity contribution in [2.75, 3.05) is 39.3 Å². The topological polar surface area (TPSA) is 75.9 Å². The normalized spacial score (nSPS) is 22.8. The van der Waals surface area contributed by atoms with E-state index in [0.717, 1.165) is 26.1 Å². The molecule has 24 heavy (non-hydrogen) atoms. The van der Waals surface area contributed by atoms with Crippen LogP contribution in [0.4, 0.5) is 0 Å². The van der Waals surface area contributed by atoms with Crippen LogP contribution in [0, 0.1) is 0 Å². The number of amides is 1. The van der Waals surface area contributed by atoms with Gasteiger partial charge in [0.15, 0.2) is 0 Å². The summed E-state index contributed by atoms with van der Waals surface area (Å²) in [4.78, 5) is 25.4. The lowest BCUT2D eigenvalue weighted by Crippen LogP contribution is -2.42. The Bertz CT molecular complexity index is 678. The van der Waals surface area contributed by atoms with Crippen molar-refractivity contribution in [1.82, 2.24) is 29.4 Å². The first kappa shape index (κ1) is 15.5. The maximum absolute atomic E-state index is 12.8. The number of aromatic nitrogens is 4. The van der Waals surface area contributed by atoms with Crippen molar-refractivity contribution in [3.63, 3.8) is 0 Å². The zero-order valence-electron chi connectivity index (χ0n) is 13.7. The minimum Gasteiger partial charge on any atom is -0.375 e. The molecule has 0 saturated carbocycles. The number of carbonyl (C=O) groups excluding carboxylic acids is 1. The summed E-state index contributed by atoms with van der Waals surface area (Å²) >= 11 is 0. The van der Waals surface area contributed by atoms with Gasteiger partial charge in [0.1, 0.15) is 0 Å². The number of ether oxygens (including phenoxy) is 1. The molecular weight excluding hydrogens is 308 g/mol. The zero-order chi connectivity index (χ0) is 16.4. The van der Waals surface area contributed by atoms with E-state index in [1.54, 1.807) is 18.5 Å². The smallest absolute Gasteiger partial charge is 0.293 e. The minimum atomic E-state index is -0.141. The average Bonchev–Trinajstić information content (AvgIpc) is 3.20. The van der Waals surface area contributed by atoms with E-state index in [0.29, 0.717) is 25.5 Å². The number of hydrogen-bond donors (Lipinski definition) is 0. The first-order valence-electron chi connectivity index (χ1n) is 8.60. The molecule has 0 N–H and O–H groups in total. The summed E-state index contributed by atoms with van der Waals surface area (Å²) in [6, 6.07) is 1.77. The van der Waals surface area contributed by atoms with Crippen LogP contribution in [0.5, 0.6) is 0 Å². The molecule has 2 fully saturated rings. The Morgan fingerprint density at radius 1 is 1.25 bits per heavy atom. The zero-order valence-corrected chi connectivity index (χ0v) is 13.7. The molecular formula is C16H22N6O2. The fourth-order valence-corrected chi connectivity index (χ4v) is 3.41. The van der Waals surface area contributed by atoms with E-state index in [2.05, 4.69) is 20.0 Å². The number of rotatable bonds is 3. The summed E-state index contributed by atoms with van der Waals surface area (Å²) < 4.78 is 7.48. The van der Waals surface area contributed by atoms with Gasteiger partial charge in [-0.2, -0.15) is 4.98 Å². The Morgan fingerprint density at radius 2 is 2.12 bits per heavy atom. The predicted molar refractivity (Wildman–Crippen MR) is 86.7 cm³/mol. The summed E-state index contributed by atoms with van der Waals surface area (Å²) in [6.07, 6.45) is 6.80. The molecule has 4 rings (SSSR count). The summed E-state index contributed by atoms with van der Waals surface area (Å²) in [5.41, 5.74) is 0. The fourth-order valence-electron chi connectivity index (χ4n) is 3.41. The number of fused-ring (bicyclic) bond motifs is 1. The molecule has 8 heteroatoms. The third-order valence-corrected chi connectivity index (χ3v) is 4.61. The van der Waals surface area contributed by atoms with E-state index in [9.17, 15) is 4.79 Å². The molecule has 0 aromatic carbocycles. The van der Waals surface area contributed by atoms with Gasteiger partial charge in [-0.1, -0.05) is 0 Å². The second-order valence-corrected chi connectivity index (χ2v) is 6.40. The van der Waals surface area contributed by atoms with Crippen molar-refractivity contribution in [3.8, 4) is 0 Å². The molecule has 2 aromatic heterocycles.